The van der Waals surface area contributed by atoms with Crippen LogP contribution in [0.5, 0.6) is 0 Å². The molecule has 2 aliphatic heterocycles. The molecule has 1 atom stereocenters. The van der Waals surface area contributed by atoms with E-state index in [0.717, 1.165) is 37.1 Å². The van der Waals surface area contributed by atoms with Gasteiger partial charge in [0.2, 0.25) is 17.7 Å². The van der Waals surface area contributed by atoms with Crippen LogP contribution in [-0.4, -0.2) is 45.6 Å². The van der Waals surface area contributed by atoms with Crippen LogP contribution in [0.25, 0.3) is 0 Å². The van der Waals surface area contributed by atoms with Crippen molar-refractivity contribution in [1.29, 1.82) is 0 Å². The number of rotatable bonds is 5. The van der Waals surface area contributed by atoms with Gasteiger partial charge in [-0.25, -0.2) is 0 Å². The van der Waals surface area contributed by atoms with E-state index < -0.39 is 5.41 Å². The van der Waals surface area contributed by atoms with E-state index in [-0.39, 0.29) is 37.1 Å². The normalized spacial score (nSPS) is 22.1. The summed E-state index contributed by atoms with van der Waals surface area (Å²) in [4.78, 5) is 46.4. The number of imide groups is 1. The minimum atomic E-state index is -1.12. The molecule has 0 N–H and O–H groups in total. The highest BCUT2D eigenvalue weighted by Gasteiger charge is 2.54. The van der Waals surface area contributed by atoms with E-state index in [1.165, 1.54) is 4.90 Å². The summed E-state index contributed by atoms with van der Waals surface area (Å²) in [5.41, 5.74) is 0.454. The van der Waals surface area contributed by atoms with E-state index in [9.17, 15) is 14.4 Å². The molecule has 2 saturated heterocycles. The second-order valence-corrected chi connectivity index (χ2v) is 7.53. The molecule has 6 heteroatoms. The maximum Gasteiger partial charge on any atom is 0.241 e. The largest absolute Gasteiger partial charge is 0.343 e. The Morgan fingerprint density at radius 2 is 1.68 bits per heavy atom. The van der Waals surface area contributed by atoms with Gasteiger partial charge in [-0.1, -0.05) is 30.3 Å². The lowest BCUT2D eigenvalue weighted by atomic mass is 9.75. The molecule has 2 aliphatic rings. The number of carbonyl (C=O) groups is 3. The molecule has 0 aliphatic carbocycles. The van der Waals surface area contributed by atoms with Crippen molar-refractivity contribution in [3.05, 3.63) is 66.0 Å². The van der Waals surface area contributed by atoms with Gasteiger partial charge in [0.05, 0.1) is 12.0 Å². The third-order valence-corrected chi connectivity index (χ3v) is 5.74. The molecule has 28 heavy (non-hydrogen) atoms. The van der Waals surface area contributed by atoms with Gasteiger partial charge in [0.15, 0.2) is 0 Å². The second-order valence-electron chi connectivity index (χ2n) is 7.53. The Bertz CT molecular complexity index is 878. The van der Waals surface area contributed by atoms with Crippen molar-refractivity contribution in [2.24, 2.45) is 0 Å². The molecule has 2 fully saturated rings. The van der Waals surface area contributed by atoms with E-state index >= 15 is 0 Å². The second kappa shape index (κ2) is 7.54. The Morgan fingerprint density at radius 3 is 2.36 bits per heavy atom. The first-order chi connectivity index (χ1) is 13.6. The van der Waals surface area contributed by atoms with E-state index in [2.05, 4.69) is 4.98 Å². The number of pyridine rings is 1. The molecule has 1 aromatic carbocycles. The monoisotopic (exact) mass is 377 g/mol. The van der Waals surface area contributed by atoms with E-state index in [0.29, 0.717) is 0 Å². The van der Waals surface area contributed by atoms with Crippen LogP contribution in [0.15, 0.2) is 54.9 Å². The fourth-order valence-corrected chi connectivity index (χ4v) is 4.19. The van der Waals surface area contributed by atoms with Crippen molar-refractivity contribution in [1.82, 2.24) is 14.8 Å². The number of carbonyl (C=O) groups excluding carboxylic acids is 3. The lowest BCUT2D eigenvalue weighted by Gasteiger charge is -2.29. The molecule has 144 valence electrons. The molecule has 0 spiro atoms. The average Bonchev–Trinajstić information content (AvgIpc) is 3.34. The maximum absolute atomic E-state index is 13.5. The Hall–Kier alpha value is -3.02. The summed E-state index contributed by atoms with van der Waals surface area (Å²) < 4.78 is 0. The molecule has 1 aromatic heterocycles. The van der Waals surface area contributed by atoms with E-state index in [1.54, 1.807) is 24.5 Å². The first-order valence-electron chi connectivity index (χ1n) is 9.67. The Morgan fingerprint density at radius 1 is 1.00 bits per heavy atom. The molecular formula is C22H23N3O3. The van der Waals surface area contributed by atoms with Crippen LogP contribution in [0.2, 0.25) is 0 Å². The number of amides is 3. The molecule has 2 aromatic rings. The molecule has 3 amide bonds. The fraction of sp³-hybridized carbons (Fsp3) is 0.364. The Balaban J connectivity index is 1.66. The van der Waals surface area contributed by atoms with Crippen molar-refractivity contribution in [3.63, 3.8) is 0 Å². The van der Waals surface area contributed by atoms with Crippen molar-refractivity contribution < 1.29 is 14.4 Å². The summed E-state index contributed by atoms with van der Waals surface area (Å²) >= 11 is 0. The zero-order chi connectivity index (χ0) is 19.6. The molecule has 0 radical (unpaired) electrons. The van der Waals surface area contributed by atoms with Gasteiger partial charge in [0.1, 0.15) is 0 Å². The zero-order valence-electron chi connectivity index (χ0n) is 15.7. The predicted octanol–water partition coefficient (Wildman–Crippen LogP) is 2.29. The average molecular weight is 377 g/mol. The van der Waals surface area contributed by atoms with Crippen molar-refractivity contribution in [2.45, 2.75) is 37.6 Å². The quantitative estimate of drug-likeness (QED) is 0.750. The minimum absolute atomic E-state index is 0.0283. The van der Waals surface area contributed by atoms with Crippen LogP contribution < -0.4 is 0 Å². The summed E-state index contributed by atoms with van der Waals surface area (Å²) in [6, 6.07) is 12.8. The number of hydrogen-bond donors (Lipinski definition) is 0. The first kappa shape index (κ1) is 18.3. The van der Waals surface area contributed by atoms with Gasteiger partial charge in [0.25, 0.3) is 0 Å². The number of likely N-dealkylation sites (tertiary alicyclic amines) is 2. The highest BCUT2D eigenvalue weighted by Crippen LogP contribution is 2.41. The highest BCUT2D eigenvalue weighted by molar-refractivity contribution is 6.10. The third kappa shape index (κ3) is 3.30. The van der Waals surface area contributed by atoms with Gasteiger partial charge in [-0.15, -0.1) is 0 Å². The Kier molecular flexibility index (Phi) is 4.94. The lowest BCUT2D eigenvalue weighted by molar-refractivity contribution is -0.143. The van der Waals surface area contributed by atoms with Gasteiger partial charge in [-0.3, -0.25) is 24.3 Å². The Labute approximate surface area is 164 Å². The van der Waals surface area contributed by atoms with Crippen LogP contribution in [0.4, 0.5) is 0 Å². The molecule has 6 nitrogen and oxygen atoms in total. The maximum atomic E-state index is 13.5. The standard InChI is InChI=1S/C22H23N3O3/c26-19(24-12-4-5-13-24)14-22(18-6-2-1-3-7-18)15-20(27)25(21(22)28)16-17-8-10-23-11-9-17/h1-3,6-11H,4-5,12-16H2. The SMILES string of the molecule is O=C(CC1(c2ccccc2)CC(=O)N(Cc2ccncc2)C1=O)N1CCCC1. The van der Waals surface area contributed by atoms with Crippen molar-refractivity contribution >= 4 is 17.7 Å². The highest BCUT2D eigenvalue weighted by atomic mass is 16.2. The van der Waals surface area contributed by atoms with Gasteiger partial charge in [0, 0.05) is 38.3 Å². The van der Waals surface area contributed by atoms with Crippen LogP contribution in [-0.2, 0) is 26.3 Å². The van der Waals surface area contributed by atoms with Crippen LogP contribution >= 0.6 is 0 Å². The molecule has 3 heterocycles. The number of benzene rings is 1. The summed E-state index contributed by atoms with van der Waals surface area (Å²) in [5, 5.41) is 0. The van der Waals surface area contributed by atoms with Crippen molar-refractivity contribution in [3.8, 4) is 0 Å². The van der Waals surface area contributed by atoms with Gasteiger partial charge < -0.3 is 4.90 Å². The molecular weight excluding hydrogens is 354 g/mol. The van der Waals surface area contributed by atoms with E-state index in [1.807, 2.05) is 35.2 Å². The van der Waals surface area contributed by atoms with Crippen LogP contribution in [0.1, 0.15) is 36.8 Å². The number of hydrogen-bond acceptors (Lipinski definition) is 4. The fourth-order valence-electron chi connectivity index (χ4n) is 4.19. The third-order valence-electron chi connectivity index (χ3n) is 5.74. The summed E-state index contributed by atoms with van der Waals surface area (Å²) in [6.45, 7) is 1.66. The summed E-state index contributed by atoms with van der Waals surface area (Å²) in [6.07, 6.45) is 5.33. The number of nitrogens with zero attached hydrogens (tertiary/aromatic N) is 3. The van der Waals surface area contributed by atoms with Crippen molar-refractivity contribution in [2.75, 3.05) is 13.1 Å². The minimum Gasteiger partial charge on any atom is -0.343 e. The van der Waals surface area contributed by atoms with Gasteiger partial charge in [-0.05, 0) is 36.1 Å². The van der Waals surface area contributed by atoms with E-state index in [4.69, 9.17) is 0 Å². The zero-order valence-corrected chi connectivity index (χ0v) is 15.7. The summed E-state index contributed by atoms with van der Waals surface area (Å²) in [7, 11) is 0. The van der Waals surface area contributed by atoms with Crippen LogP contribution in [0, 0.1) is 0 Å². The van der Waals surface area contributed by atoms with Gasteiger partial charge in [-0.2, -0.15) is 0 Å². The summed E-state index contributed by atoms with van der Waals surface area (Å²) in [5.74, 6) is -0.568. The number of aromatic nitrogens is 1. The predicted molar refractivity (Wildman–Crippen MR) is 103 cm³/mol. The van der Waals surface area contributed by atoms with Crippen LogP contribution in [0.3, 0.4) is 0 Å². The smallest absolute Gasteiger partial charge is 0.241 e. The van der Waals surface area contributed by atoms with Gasteiger partial charge >= 0.3 is 0 Å². The topological polar surface area (TPSA) is 70.6 Å². The molecule has 4 rings (SSSR count). The first-order valence-corrected chi connectivity index (χ1v) is 9.67. The lowest BCUT2D eigenvalue weighted by Crippen LogP contribution is -2.42. The molecule has 0 bridgehead atoms. The molecule has 1 unspecified atom stereocenters. The molecule has 0 saturated carbocycles.